The molecule has 0 aromatic carbocycles. The fraction of sp³-hybridized carbons (Fsp3) is 0. The predicted octanol–water partition coefficient (Wildman–Crippen LogP) is 0.587. The Kier molecular flexibility index (Phi) is 4.71. The summed E-state index contributed by atoms with van der Waals surface area (Å²) >= 11 is 1.31. The van der Waals surface area contributed by atoms with E-state index in [9.17, 15) is 0 Å². The fourth-order valence-electron chi connectivity index (χ4n) is 0.0609. The summed E-state index contributed by atoms with van der Waals surface area (Å²) in [6.45, 7) is 3.48. The molecule has 0 spiro atoms. The van der Waals surface area contributed by atoms with Gasteiger partial charge in [0.2, 0.25) is 0 Å². The first-order chi connectivity index (χ1) is 2.41. The average Bonchev–Trinajstić information content (AvgIpc) is 1.41. The number of hydrogen-bond donors (Lipinski definition) is 0. The van der Waals surface area contributed by atoms with Gasteiger partial charge in [0.1, 0.15) is 0 Å². The van der Waals surface area contributed by atoms with Gasteiger partial charge in [-0.2, -0.15) is 0 Å². The Hall–Kier alpha value is 0.376. The van der Waals surface area contributed by atoms with Gasteiger partial charge in [0, 0.05) is 0 Å². The van der Waals surface area contributed by atoms with Crippen LogP contribution < -0.4 is 0 Å². The van der Waals surface area contributed by atoms with E-state index in [1.807, 2.05) is 9.81 Å². The molecule has 0 saturated carbocycles. The van der Waals surface area contributed by atoms with Gasteiger partial charge < -0.3 is 0 Å². The van der Waals surface area contributed by atoms with E-state index in [1.165, 1.54) is 25.1 Å². The average molecular weight is 263 g/mol. The minimum absolute atomic E-state index is 1.31. The molecule has 0 heterocycles. The molecule has 0 bridgehead atoms. The van der Waals surface area contributed by atoms with Crippen LogP contribution in [0.4, 0.5) is 0 Å². The molecule has 1 heteroatoms. The van der Waals surface area contributed by atoms with Crippen molar-refractivity contribution < 1.29 is 0 Å². The summed E-state index contributed by atoms with van der Waals surface area (Å²) in [6.07, 6.45) is 3.72. The van der Waals surface area contributed by atoms with Crippen molar-refractivity contribution in [3.63, 3.8) is 0 Å². The molecule has 5 heavy (non-hydrogen) atoms. The standard InChI is InChI=1S/C4H5.Po.H/c1-3-4-2;;/h1,3-4H,2H2;;. The van der Waals surface area contributed by atoms with E-state index in [0.717, 1.165) is 0 Å². The second-order valence-electron chi connectivity index (χ2n) is 0.577. The zero-order valence-electron chi connectivity index (χ0n) is 2.89. The second-order valence-corrected chi connectivity index (χ2v) is 1.74. The zero-order valence-corrected chi connectivity index (χ0v) is 6.36. The van der Waals surface area contributed by atoms with Crippen LogP contribution in [0.3, 0.4) is 0 Å². The Morgan fingerprint density at radius 1 is 1.60 bits per heavy atom. The van der Waals surface area contributed by atoms with Crippen molar-refractivity contribution in [3.05, 3.63) is 22.5 Å². The first-order valence-electron chi connectivity index (χ1n) is 1.33. The van der Waals surface area contributed by atoms with E-state index < -0.39 is 0 Å². The van der Waals surface area contributed by atoms with Crippen molar-refractivity contribution in [2.45, 2.75) is 0 Å². The summed E-state index contributed by atoms with van der Waals surface area (Å²) in [7, 11) is 0. The summed E-state index contributed by atoms with van der Waals surface area (Å²) < 4.78 is 2.05. The van der Waals surface area contributed by atoms with Gasteiger partial charge in [0.25, 0.3) is 0 Å². The molecule has 0 aliphatic rings. The summed E-state index contributed by atoms with van der Waals surface area (Å²) in [4.78, 5) is 0. The summed E-state index contributed by atoms with van der Waals surface area (Å²) in [5.74, 6) is 0. The Balaban J connectivity index is 2.92. The molecule has 0 aliphatic carbocycles. The van der Waals surface area contributed by atoms with Gasteiger partial charge in [-0.25, -0.2) is 0 Å². The minimum atomic E-state index is 1.31. The first kappa shape index (κ1) is 5.38. The second kappa shape index (κ2) is 4.38. The topological polar surface area (TPSA) is 0 Å². The van der Waals surface area contributed by atoms with Gasteiger partial charge in [0.15, 0.2) is 0 Å². The third-order valence-electron chi connectivity index (χ3n) is 0.222. The quantitative estimate of drug-likeness (QED) is 0.607. The number of allylic oxidation sites excluding steroid dienone is 2. The van der Waals surface area contributed by atoms with Gasteiger partial charge >= 0.3 is 47.5 Å². The molecule has 0 aliphatic heterocycles. The van der Waals surface area contributed by atoms with E-state index in [1.54, 1.807) is 6.08 Å². The molecule has 0 atom stereocenters. The fourth-order valence-corrected chi connectivity index (χ4v) is 0.534. The van der Waals surface area contributed by atoms with Gasteiger partial charge in [-0.05, 0) is 0 Å². The van der Waals surface area contributed by atoms with Gasteiger partial charge in [-0.3, -0.25) is 0 Å². The molecule has 0 aromatic heterocycles. The normalized spacial score (nSPS) is 9.00. The molecule has 0 fully saturated rings. The van der Waals surface area contributed by atoms with E-state index >= 15 is 0 Å². The number of hydrogen-bond acceptors (Lipinski definition) is 0. The van der Waals surface area contributed by atoms with Crippen LogP contribution in [0.1, 0.15) is 0 Å². The van der Waals surface area contributed by atoms with Crippen LogP contribution in [-0.2, 0) is 0 Å². The molecule has 0 saturated heterocycles. The van der Waals surface area contributed by atoms with Crippen LogP contribution in [-0.4, -0.2) is 25.1 Å². The maximum atomic E-state index is 3.48. The van der Waals surface area contributed by atoms with E-state index in [4.69, 9.17) is 0 Å². The maximum absolute atomic E-state index is 3.48. The van der Waals surface area contributed by atoms with E-state index in [-0.39, 0.29) is 0 Å². The van der Waals surface area contributed by atoms with Gasteiger partial charge in [-0.1, -0.05) is 0 Å². The molecule has 0 nitrogen and oxygen atoms in total. The SMILES string of the molecule is C=CC=[CH][PoH]. The van der Waals surface area contributed by atoms with Crippen molar-refractivity contribution in [1.82, 2.24) is 0 Å². The summed E-state index contributed by atoms with van der Waals surface area (Å²) in [5, 5.41) is 0. The molecular weight excluding hydrogens is 257 g/mol. The van der Waals surface area contributed by atoms with Crippen molar-refractivity contribution in [2.24, 2.45) is 0 Å². The van der Waals surface area contributed by atoms with Crippen LogP contribution >= 0.6 is 0 Å². The Bertz CT molecular complexity index is 45.6. The molecule has 0 N–H and O–H groups in total. The third-order valence-corrected chi connectivity index (χ3v) is 0.891. The zero-order chi connectivity index (χ0) is 4.12. The van der Waals surface area contributed by atoms with Crippen LogP contribution in [0.2, 0.25) is 0 Å². The number of rotatable bonds is 1. The summed E-state index contributed by atoms with van der Waals surface area (Å²) in [5.41, 5.74) is 0. The van der Waals surface area contributed by atoms with Crippen LogP contribution in [0.5, 0.6) is 0 Å². The van der Waals surface area contributed by atoms with Gasteiger partial charge in [0.05, 0.1) is 0 Å². The third kappa shape index (κ3) is 4.38. The Morgan fingerprint density at radius 3 is 2.20 bits per heavy atom. The van der Waals surface area contributed by atoms with Crippen LogP contribution in [0, 0.1) is 0 Å². The molecule has 0 aromatic rings. The van der Waals surface area contributed by atoms with Crippen molar-refractivity contribution in [1.29, 1.82) is 0 Å². The predicted molar refractivity (Wildman–Crippen MR) is 26.5 cm³/mol. The van der Waals surface area contributed by atoms with Crippen molar-refractivity contribution >= 4 is 25.1 Å². The monoisotopic (exact) mass is 263 g/mol. The molecular formula is C4H6Po. The Morgan fingerprint density at radius 2 is 2.20 bits per heavy atom. The first-order valence-corrected chi connectivity index (χ1v) is 3.34. The molecule has 28 valence electrons. The van der Waals surface area contributed by atoms with E-state index in [0.29, 0.717) is 0 Å². The summed E-state index contributed by atoms with van der Waals surface area (Å²) in [6, 6.07) is 0. The van der Waals surface area contributed by atoms with Crippen LogP contribution in [0.15, 0.2) is 22.5 Å². The van der Waals surface area contributed by atoms with Crippen molar-refractivity contribution in [2.75, 3.05) is 0 Å². The molecule has 0 radical (unpaired) electrons. The van der Waals surface area contributed by atoms with Crippen LogP contribution in [0.25, 0.3) is 0 Å². The Labute approximate surface area is 47.7 Å². The van der Waals surface area contributed by atoms with Crippen molar-refractivity contribution in [3.8, 4) is 0 Å². The van der Waals surface area contributed by atoms with E-state index in [2.05, 4.69) is 6.58 Å². The molecule has 0 amide bonds. The van der Waals surface area contributed by atoms with Gasteiger partial charge in [-0.15, -0.1) is 0 Å². The molecule has 0 rings (SSSR count). The molecule has 0 unspecified atom stereocenters.